The number of hydrogen-bond donors (Lipinski definition) is 1. The molecule has 0 amide bonds. The van der Waals surface area contributed by atoms with Crippen LogP contribution in [0.5, 0.6) is 0 Å². The van der Waals surface area contributed by atoms with E-state index in [2.05, 4.69) is 4.72 Å². The molecule has 2 aromatic rings. The van der Waals surface area contributed by atoms with Crippen LogP contribution < -0.4 is 4.72 Å². The molecule has 122 valence electrons. The molecule has 2 atom stereocenters. The predicted octanol–water partition coefficient (Wildman–Crippen LogP) is 4.23. The predicted molar refractivity (Wildman–Crippen MR) is 94.7 cm³/mol. The maximum Gasteiger partial charge on any atom is 0.241 e. The molecule has 0 saturated carbocycles. The fourth-order valence-corrected chi connectivity index (χ4v) is 3.82. The third kappa shape index (κ3) is 4.53. The van der Waals surface area contributed by atoms with Crippen molar-refractivity contribution in [1.82, 2.24) is 4.72 Å². The van der Waals surface area contributed by atoms with Crippen LogP contribution in [-0.4, -0.2) is 8.42 Å². The van der Waals surface area contributed by atoms with Gasteiger partial charge in [0.15, 0.2) is 0 Å². The van der Waals surface area contributed by atoms with E-state index in [0.717, 1.165) is 11.1 Å². The number of sulfonamides is 1. The molecule has 2 rings (SSSR count). The van der Waals surface area contributed by atoms with Crippen molar-refractivity contribution in [1.29, 1.82) is 0 Å². The summed E-state index contributed by atoms with van der Waals surface area (Å²) in [5, 5.41) is 0. The molecule has 0 radical (unpaired) electrons. The van der Waals surface area contributed by atoms with Crippen molar-refractivity contribution in [2.75, 3.05) is 0 Å². The maximum atomic E-state index is 12.7. The van der Waals surface area contributed by atoms with Crippen molar-refractivity contribution in [2.24, 2.45) is 5.92 Å². The van der Waals surface area contributed by atoms with E-state index in [1.807, 2.05) is 75.4 Å². The van der Waals surface area contributed by atoms with Gasteiger partial charge in [-0.2, -0.15) is 0 Å². The van der Waals surface area contributed by atoms with E-state index in [4.69, 9.17) is 0 Å². The summed E-state index contributed by atoms with van der Waals surface area (Å²) >= 11 is 0. The molecule has 0 fully saturated rings. The van der Waals surface area contributed by atoms with Crippen molar-refractivity contribution < 1.29 is 8.42 Å². The van der Waals surface area contributed by atoms with E-state index in [-0.39, 0.29) is 16.9 Å². The quantitative estimate of drug-likeness (QED) is 0.806. The molecular weight excluding hydrogens is 306 g/mol. The normalized spacial score (nSPS) is 14.7. The van der Waals surface area contributed by atoms with Crippen LogP contribution in [0.1, 0.15) is 31.0 Å². The zero-order valence-electron chi connectivity index (χ0n) is 13.7. The van der Waals surface area contributed by atoms with Crippen molar-refractivity contribution in [3.8, 4) is 0 Å². The Hall–Kier alpha value is -1.91. The summed E-state index contributed by atoms with van der Waals surface area (Å²) in [4.78, 5) is 0.289. The first kappa shape index (κ1) is 17.4. The SMILES string of the molecule is C/C=C/C(C)C(NS(=O)(=O)c1ccc(C)cc1)c1ccccc1. The Morgan fingerprint density at radius 1 is 1.00 bits per heavy atom. The maximum absolute atomic E-state index is 12.7. The summed E-state index contributed by atoms with van der Waals surface area (Å²) in [5.74, 6) is 0.0441. The van der Waals surface area contributed by atoms with Gasteiger partial charge in [0.2, 0.25) is 10.0 Å². The van der Waals surface area contributed by atoms with Crippen LogP contribution in [0.15, 0.2) is 71.6 Å². The lowest BCUT2D eigenvalue weighted by molar-refractivity contribution is 0.497. The van der Waals surface area contributed by atoms with E-state index in [1.165, 1.54) is 0 Å². The van der Waals surface area contributed by atoms with Crippen LogP contribution in [0.25, 0.3) is 0 Å². The molecule has 0 heterocycles. The Bertz CT molecular complexity index is 750. The van der Waals surface area contributed by atoms with Gasteiger partial charge in [-0.3, -0.25) is 0 Å². The monoisotopic (exact) mass is 329 g/mol. The Labute approximate surface area is 139 Å². The van der Waals surface area contributed by atoms with Gasteiger partial charge in [0.1, 0.15) is 0 Å². The van der Waals surface area contributed by atoms with Crippen LogP contribution in [0.3, 0.4) is 0 Å². The summed E-state index contributed by atoms with van der Waals surface area (Å²) < 4.78 is 28.3. The molecule has 2 unspecified atom stereocenters. The van der Waals surface area contributed by atoms with Crippen LogP contribution in [0, 0.1) is 12.8 Å². The van der Waals surface area contributed by atoms with Gasteiger partial charge in [0.05, 0.1) is 10.9 Å². The van der Waals surface area contributed by atoms with Gasteiger partial charge in [0, 0.05) is 0 Å². The Morgan fingerprint density at radius 2 is 1.61 bits per heavy atom. The minimum atomic E-state index is -3.57. The number of allylic oxidation sites excluding steroid dienone is 1. The molecule has 0 aliphatic carbocycles. The van der Waals surface area contributed by atoms with E-state index in [1.54, 1.807) is 12.1 Å². The van der Waals surface area contributed by atoms with Gasteiger partial charge in [0.25, 0.3) is 0 Å². The van der Waals surface area contributed by atoms with E-state index in [9.17, 15) is 8.42 Å². The van der Waals surface area contributed by atoms with Gasteiger partial charge >= 0.3 is 0 Å². The van der Waals surface area contributed by atoms with Gasteiger partial charge < -0.3 is 0 Å². The highest BCUT2D eigenvalue weighted by Gasteiger charge is 2.24. The molecule has 0 saturated heterocycles. The molecule has 0 spiro atoms. The number of aryl methyl sites for hydroxylation is 1. The second kappa shape index (κ2) is 7.57. The molecule has 0 aromatic heterocycles. The smallest absolute Gasteiger partial charge is 0.207 e. The molecule has 3 nitrogen and oxygen atoms in total. The Kier molecular flexibility index (Phi) is 5.74. The lowest BCUT2D eigenvalue weighted by atomic mass is 9.95. The fourth-order valence-electron chi connectivity index (χ4n) is 2.51. The zero-order valence-corrected chi connectivity index (χ0v) is 14.5. The molecule has 0 bridgehead atoms. The van der Waals surface area contributed by atoms with Crippen molar-refractivity contribution >= 4 is 10.0 Å². The summed E-state index contributed by atoms with van der Waals surface area (Å²) in [6.45, 7) is 5.88. The lowest BCUT2D eigenvalue weighted by Crippen LogP contribution is -2.32. The molecular formula is C19H23NO2S. The highest BCUT2D eigenvalue weighted by Crippen LogP contribution is 2.25. The zero-order chi connectivity index (χ0) is 16.9. The molecule has 23 heavy (non-hydrogen) atoms. The number of hydrogen-bond acceptors (Lipinski definition) is 2. The fraction of sp³-hybridized carbons (Fsp3) is 0.263. The van der Waals surface area contributed by atoms with Crippen LogP contribution in [0.2, 0.25) is 0 Å². The van der Waals surface area contributed by atoms with Crippen molar-refractivity contribution in [3.05, 3.63) is 77.9 Å². The van der Waals surface area contributed by atoms with E-state index >= 15 is 0 Å². The Morgan fingerprint density at radius 3 is 2.17 bits per heavy atom. The van der Waals surface area contributed by atoms with Gasteiger partial charge in [-0.05, 0) is 37.5 Å². The first-order valence-corrected chi connectivity index (χ1v) is 9.19. The van der Waals surface area contributed by atoms with Crippen molar-refractivity contribution in [2.45, 2.75) is 31.7 Å². The number of rotatable bonds is 6. The van der Waals surface area contributed by atoms with Gasteiger partial charge in [-0.25, -0.2) is 13.1 Å². The van der Waals surface area contributed by atoms with Crippen molar-refractivity contribution in [3.63, 3.8) is 0 Å². The second-order valence-corrected chi connectivity index (χ2v) is 7.42. The van der Waals surface area contributed by atoms with E-state index in [0.29, 0.717) is 0 Å². The van der Waals surface area contributed by atoms with Gasteiger partial charge in [-0.15, -0.1) is 0 Å². The number of nitrogens with one attached hydrogen (secondary N) is 1. The standard InChI is InChI=1S/C19H23NO2S/c1-4-8-16(3)19(17-9-6-5-7-10-17)20-23(21,22)18-13-11-15(2)12-14-18/h4-14,16,19-20H,1-3H3/b8-4+. The average Bonchev–Trinajstić information content (AvgIpc) is 2.54. The summed E-state index contributed by atoms with van der Waals surface area (Å²) in [6.07, 6.45) is 3.95. The lowest BCUT2D eigenvalue weighted by Gasteiger charge is -2.23. The number of benzene rings is 2. The molecule has 2 aromatic carbocycles. The highest BCUT2D eigenvalue weighted by molar-refractivity contribution is 7.89. The largest absolute Gasteiger partial charge is 0.241 e. The third-order valence-corrected chi connectivity index (χ3v) is 5.25. The summed E-state index contributed by atoms with van der Waals surface area (Å²) in [5.41, 5.74) is 1.99. The van der Waals surface area contributed by atoms with E-state index < -0.39 is 10.0 Å². The first-order chi connectivity index (χ1) is 10.9. The molecule has 0 aliphatic heterocycles. The Balaban J connectivity index is 2.35. The van der Waals surface area contributed by atoms with Crippen LogP contribution >= 0.6 is 0 Å². The summed E-state index contributed by atoms with van der Waals surface area (Å²) in [6, 6.07) is 16.2. The minimum Gasteiger partial charge on any atom is -0.207 e. The van der Waals surface area contributed by atoms with Crippen LogP contribution in [-0.2, 0) is 10.0 Å². The first-order valence-electron chi connectivity index (χ1n) is 7.71. The molecule has 0 aliphatic rings. The highest BCUT2D eigenvalue weighted by atomic mass is 32.2. The van der Waals surface area contributed by atoms with Crippen LogP contribution in [0.4, 0.5) is 0 Å². The molecule has 4 heteroatoms. The minimum absolute atomic E-state index is 0.0441. The second-order valence-electron chi connectivity index (χ2n) is 5.71. The molecule has 1 N–H and O–H groups in total. The summed E-state index contributed by atoms with van der Waals surface area (Å²) in [7, 11) is -3.57. The van der Waals surface area contributed by atoms with Gasteiger partial charge in [-0.1, -0.05) is 67.1 Å². The topological polar surface area (TPSA) is 46.2 Å². The third-order valence-electron chi connectivity index (χ3n) is 3.79. The average molecular weight is 329 g/mol.